The van der Waals surface area contributed by atoms with E-state index in [-0.39, 0.29) is 17.7 Å². The lowest BCUT2D eigenvalue weighted by molar-refractivity contribution is -0.131. The topological polar surface area (TPSA) is 49.4 Å². The zero-order chi connectivity index (χ0) is 14.9. The highest BCUT2D eigenvalue weighted by Gasteiger charge is 2.57. The van der Waals surface area contributed by atoms with Crippen molar-refractivity contribution < 1.29 is 9.59 Å². The van der Waals surface area contributed by atoms with Gasteiger partial charge in [0, 0.05) is 26.2 Å². The van der Waals surface area contributed by atoms with E-state index in [2.05, 4.69) is 5.32 Å². The van der Waals surface area contributed by atoms with Gasteiger partial charge in [-0.2, -0.15) is 0 Å². The van der Waals surface area contributed by atoms with Gasteiger partial charge in [-0.25, -0.2) is 0 Å². The summed E-state index contributed by atoms with van der Waals surface area (Å²) in [7, 11) is 3.31. The normalized spacial score (nSPS) is 19.3. The summed E-state index contributed by atoms with van der Waals surface area (Å²) in [4.78, 5) is 25.1. The second-order valence-corrected chi connectivity index (χ2v) is 6.53. The molecule has 4 nitrogen and oxygen atoms in total. The van der Waals surface area contributed by atoms with Crippen molar-refractivity contribution in [1.29, 1.82) is 0 Å². The Kier molecular flexibility index (Phi) is 4.25. The third-order valence-electron chi connectivity index (χ3n) is 3.36. The Bertz CT molecular complexity index is 528. The van der Waals surface area contributed by atoms with E-state index in [1.54, 1.807) is 31.1 Å². The van der Waals surface area contributed by atoms with E-state index in [1.165, 1.54) is 0 Å². The molecule has 1 N–H and O–H groups in total. The van der Waals surface area contributed by atoms with Crippen LogP contribution in [0.5, 0.6) is 0 Å². The Morgan fingerprint density at radius 2 is 1.90 bits per heavy atom. The van der Waals surface area contributed by atoms with Gasteiger partial charge in [0.05, 0.1) is 5.92 Å². The minimum absolute atomic E-state index is 0.0506. The number of carbonyl (C=O) groups is 2. The Morgan fingerprint density at radius 1 is 1.35 bits per heavy atom. The number of alkyl halides is 2. The SMILES string of the molecule is CNC(=O)c1ccc(CN(C)C(=O)C2CC2(Cl)Cl)cc1. The largest absolute Gasteiger partial charge is 0.355 e. The van der Waals surface area contributed by atoms with Gasteiger partial charge in [-0.1, -0.05) is 12.1 Å². The van der Waals surface area contributed by atoms with Crippen LogP contribution in [0.4, 0.5) is 0 Å². The van der Waals surface area contributed by atoms with Gasteiger partial charge in [-0.15, -0.1) is 23.2 Å². The van der Waals surface area contributed by atoms with E-state index >= 15 is 0 Å². The predicted molar refractivity (Wildman–Crippen MR) is 78.9 cm³/mol. The molecule has 2 amide bonds. The molecular weight excluding hydrogens is 299 g/mol. The average Bonchev–Trinajstić information content (AvgIpc) is 3.06. The number of amides is 2. The Labute approximate surface area is 128 Å². The number of nitrogens with zero attached hydrogens (tertiary/aromatic N) is 1. The van der Waals surface area contributed by atoms with Gasteiger partial charge in [-0.3, -0.25) is 9.59 Å². The third-order valence-corrected chi connectivity index (χ3v) is 4.20. The van der Waals surface area contributed by atoms with Crippen molar-refractivity contribution in [2.24, 2.45) is 5.92 Å². The quantitative estimate of drug-likeness (QED) is 0.866. The highest BCUT2D eigenvalue weighted by Crippen LogP contribution is 2.53. The summed E-state index contributed by atoms with van der Waals surface area (Å²) in [6.45, 7) is 0.465. The first-order chi connectivity index (χ1) is 9.35. The smallest absolute Gasteiger partial charge is 0.251 e. The molecule has 1 saturated carbocycles. The van der Waals surface area contributed by atoms with Gasteiger partial charge < -0.3 is 10.2 Å². The van der Waals surface area contributed by atoms with Crippen LogP contribution in [0.1, 0.15) is 22.3 Å². The molecule has 1 unspecified atom stereocenters. The molecule has 20 heavy (non-hydrogen) atoms. The van der Waals surface area contributed by atoms with Gasteiger partial charge in [0.25, 0.3) is 5.91 Å². The minimum atomic E-state index is -0.894. The van der Waals surface area contributed by atoms with Gasteiger partial charge in [-0.05, 0) is 24.1 Å². The molecule has 0 bridgehead atoms. The van der Waals surface area contributed by atoms with Crippen LogP contribution in [0.15, 0.2) is 24.3 Å². The van der Waals surface area contributed by atoms with Gasteiger partial charge in [0.2, 0.25) is 5.91 Å². The van der Waals surface area contributed by atoms with Gasteiger partial charge in [0.15, 0.2) is 0 Å². The maximum atomic E-state index is 12.0. The fraction of sp³-hybridized carbons (Fsp3) is 0.429. The van der Waals surface area contributed by atoms with Crippen LogP contribution >= 0.6 is 23.2 Å². The summed E-state index contributed by atoms with van der Waals surface area (Å²) in [5.74, 6) is -0.487. The molecule has 0 aliphatic heterocycles. The summed E-state index contributed by atoms with van der Waals surface area (Å²) in [6, 6.07) is 7.12. The second kappa shape index (κ2) is 5.62. The third kappa shape index (κ3) is 3.25. The highest BCUT2D eigenvalue weighted by molar-refractivity contribution is 6.52. The van der Waals surface area contributed by atoms with Crippen molar-refractivity contribution >= 4 is 35.0 Å². The predicted octanol–water partition coefficient (Wildman–Crippen LogP) is 2.20. The van der Waals surface area contributed by atoms with E-state index in [0.717, 1.165) is 5.56 Å². The van der Waals surface area contributed by atoms with Crippen LogP contribution < -0.4 is 5.32 Å². The van der Waals surface area contributed by atoms with Crippen LogP contribution in [-0.2, 0) is 11.3 Å². The highest BCUT2D eigenvalue weighted by atomic mass is 35.5. The van der Waals surface area contributed by atoms with E-state index < -0.39 is 4.33 Å². The molecule has 1 fully saturated rings. The van der Waals surface area contributed by atoms with Crippen molar-refractivity contribution in [1.82, 2.24) is 10.2 Å². The van der Waals surface area contributed by atoms with Gasteiger partial charge >= 0.3 is 0 Å². The van der Waals surface area contributed by atoms with Crippen molar-refractivity contribution in [3.8, 4) is 0 Å². The van der Waals surface area contributed by atoms with E-state index in [0.29, 0.717) is 18.5 Å². The van der Waals surface area contributed by atoms with Crippen LogP contribution in [0.2, 0.25) is 0 Å². The van der Waals surface area contributed by atoms with Gasteiger partial charge in [0.1, 0.15) is 4.33 Å². The number of hydrogen-bond acceptors (Lipinski definition) is 2. The molecule has 0 spiro atoms. The molecule has 1 aliphatic rings. The molecule has 0 aromatic heterocycles. The Hall–Kier alpha value is -1.26. The van der Waals surface area contributed by atoms with Crippen molar-refractivity contribution in [3.05, 3.63) is 35.4 Å². The van der Waals surface area contributed by atoms with Crippen LogP contribution in [-0.4, -0.2) is 35.1 Å². The molecule has 1 atom stereocenters. The molecule has 6 heteroatoms. The molecule has 1 aromatic rings. The average molecular weight is 315 g/mol. The molecule has 1 aromatic carbocycles. The number of nitrogens with one attached hydrogen (secondary N) is 1. The first-order valence-electron chi connectivity index (χ1n) is 6.29. The maximum absolute atomic E-state index is 12.0. The Morgan fingerprint density at radius 3 is 2.35 bits per heavy atom. The first kappa shape index (κ1) is 15.1. The van der Waals surface area contributed by atoms with Crippen LogP contribution in [0.3, 0.4) is 0 Å². The zero-order valence-corrected chi connectivity index (χ0v) is 12.8. The van der Waals surface area contributed by atoms with E-state index in [4.69, 9.17) is 23.2 Å². The molecule has 1 aliphatic carbocycles. The summed E-state index contributed by atoms with van der Waals surface area (Å²) in [6.07, 6.45) is 0.509. The van der Waals surface area contributed by atoms with Crippen molar-refractivity contribution in [3.63, 3.8) is 0 Å². The Balaban J connectivity index is 1.96. The fourth-order valence-corrected chi connectivity index (χ4v) is 2.50. The summed E-state index contributed by atoms with van der Waals surface area (Å²) < 4.78 is -0.894. The maximum Gasteiger partial charge on any atom is 0.251 e. The molecule has 0 radical (unpaired) electrons. The molecule has 2 rings (SSSR count). The summed E-state index contributed by atoms with van der Waals surface area (Å²) in [5.41, 5.74) is 1.54. The molecule has 108 valence electrons. The lowest BCUT2D eigenvalue weighted by Crippen LogP contribution is -2.29. The zero-order valence-electron chi connectivity index (χ0n) is 11.3. The number of hydrogen-bond donors (Lipinski definition) is 1. The minimum Gasteiger partial charge on any atom is -0.355 e. The number of rotatable bonds is 4. The number of benzene rings is 1. The lowest BCUT2D eigenvalue weighted by Gasteiger charge is -2.17. The number of carbonyl (C=O) groups excluding carboxylic acids is 2. The van der Waals surface area contributed by atoms with E-state index in [9.17, 15) is 9.59 Å². The summed E-state index contributed by atoms with van der Waals surface area (Å²) >= 11 is 11.8. The van der Waals surface area contributed by atoms with Crippen LogP contribution in [0.25, 0.3) is 0 Å². The molecule has 0 saturated heterocycles. The lowest BCUT2D eigenvalue weighted by atomic mass is 10.1. The van der Waals surface area contributed by atoms with Crippen LogP contribution in [0, 0.1) is 5.92 Å². The monoisotopic (exact) mass is 314 g/mol. The van der Waals surface area contributed by atoms with Crippen molar-refractivity contribution in [2.45, 2.75) is 17.3 Å². The number of halogens is 2. The van der Waals surface area contributed by atoms with E-state index in [1.807, 2.05) is 12.1 Å². The first-order valence-corrected chi connectivity index (χ1v) is 7.04. The van der Waals surface area contributed by atoms with Crippen molar-refractivity contribution in [2.75, 3.05) is 14.1 Å². The summed E-state index contributed by atoms with van der Waals surface area (Å²) in [5, 5.41) is 2.56. The molecular formula is C14H16Cl2N2O2. The molecule has 0 heterocycles. The fourth-order valence-electron chi connectivity index (χ4n) is 2.00. The standard InChI is InChI=1S/C14H16Cl2N2O2/c1-17-12(19)10-5-3-9(4-6-10)8-18(2)13(20)11-7-14(11,15)16/h3-6,11H,7-8H2,1-2H3,(H,17,19). The second-order valence-electron chi connectivity index (χ2n) is 4.99.